The fourth-order valence-corrected chi connectivity index (χ4v) is 3.05. The molecule has 2 rings (SSSR count). The van der Waals surface area contributed by atoms with Crippen LogP contribution >= 0.6 is 11.6 Å². The van der Waals surface area contributed by atoms with Crippen molar-refractivity contribution in [3.05, 3.63) is 28.8 Å². The molecule has 0 aliphatic heterocycles. The molecule has 0 atom stereocenters. The highest BCUT2D eigenvalue weighted by Crippen LogP contribution is 2.28. The molecule has 1 saturated carbocycles. The van der Waals surface area contributed by atoms with Crippen molar-refractivity contribution in [1.29, 1.82) is 0 Å². The lowest BCUT2D eigenvalue weighted by Crippen LogP contribution is -2.33. The zero-order chi connectivity index (χ0) is 13.7. The second-order valence-corrected chi connectivity index (χ2v) is 5.64. The van der Waals surface area contributed by atoms with Gasteiger partial charge in [-0.25, -0.2) is 0 Å². The van der Waals surface area contributed by atoms with Gasteiger partial charge >= 0.3 is 0 Å². The number of nitrogens with zero attached hydrogens (tertiary/aromatic N) is 1. The fraction of sp³-hybridized carbons (Fsp3) is 0.533. The molecule has 3 nitrogen and oxygen atoms in total. The number of anilines is 1. The monoisotopic (exact) mass is 280 g/mol. The zero-order valence-corrected chi connectivity index (χ0v) is 12.1. The van der Waals surface area contributed by atoms with E-state index in [0.717, 1.165) is 22.8 Å². The first-order chi connectivity index (χ1) is 9.22. The van der Waals surface area contributed by atoms with Gasteiger partial charge in [0.05, 0.1) is 0 Å². The third-order valence-electron chi connectivity index (χ3n) is 3.94. The van der Waals surface area contributed by atoms with Crippen molar-refractivity contribution in [3.63, 3.8) is 0 Å². The second-order valence-electron chi connectivity index (χ2n) is 5.24. The van der Waals surface area contributed by atoms with Crippen molar-refractivity contribution in [2.75, 3.05) is 12.4 Å². The smallest absolute Gasteiger partial charge is 0.211 e. The lowest BCUT2D eigenvalue weighted by Gasteiger charge is -2.31. The summed E-state index contributed by atoms with van der Waals surface area (Å²) in [7, 11) is 2.14. The quantitative estimate of drug-likeness (QED) is 0.835. The van der Waals surface area contributed by atoms with Gasteiger partial charge in [0.1, 0.15) is 0 Å². The van der Waals surface area contributed by atoms with Gasteiger partial charge in [-0.05, 0) is 32.0 Å². The summed E-state index contributed by atoms with van der Waals surface area (Å²) < 4.78 is 0. The van der Waals surface area contributed by atoms with E-state index in [1.807, 2.05) is 18.2 Å². The number of hydrogen-bond acceptors (Lipinski definition) is 2. The predicted octanol–water partition coefficient (Wildman–Crippen LogP) is 3.67. The fourth-order valence-electron chi connectivity index (χ4n) is 2.82. The molecular weight excluding hydrogens is 260 g/mol. The van der Waals surface area contributed by atoms with Crippen LogP contribution in [0.2, 0.25) is 5.02 Å². The van der Waals surface area contributed by atoms with Crippen LogP contribution in [0.1, 0.15) is 37.7 Å². The van der Waals surface area contributed by atoms with Crippen LogP contribution in [0.15, 0.2) is 18.2 Å². The van der Waals surface area contributed by atoms with Gasteiger partial charge in [0.25, 0.3) is 0 Å². The minimum atomic E-state index is 0.633. The molecule has 0 unspecified atom stereocenters. The van der Waals surface area contributed by atoms with Crippen LogP contribution in [0, 0.1) is 0 Å². The molecule has 1 aromatic carbocycles. The lowest BCUT2D eigenvalue weighted by molar-refractivity contribution is -0.105. The predicted molar refractivity (Wildman–Crippen MR) is 79.5 cm³/mol. The number of nitrogens with one attached hydrogen (secondary N) is 1. The van der Waals surface area contributed by atoms with Crippen molar-refractivity contribution in [3.8, 4) is 0 Å². The molecule has 1 aliphatic rings. The van der Waals surface area contributed by atoms with Crippen molar-refractivity contribution < 1.29 is 4.79 Å². The Hall–Kier alpha value is -1.06. The van der Waals surface area contributed by atoms with Gasteiger partial charge in [-0.1, -0.05) is 36.9 Å². The van der Waals surface area contributed by atoms with Gasteiger partial charge in [0, 0.05) is 28.9 Å². The molecule has 0 heterocycles. The third-order valence-corrected chi connectivity index (χ3v) is 4.29. The summed E-state index contributed by atoms with van der Waals surface area (Å²) in [5, 5.41) is 3.45. The molecule has 0 aromatic heterocycles. The van der Waals surface area contributed by atoms with E-state index in [4.69, 9.17) is 11.6 Å². The molecule has 4 heteroatoms. The van der Waals surface area contributed by atoms with Gasteiger partial charge in [0.15, 0.2) is 0 Å². The van der Waals surface area contributed by atoms with Crippen molar-refractivity contribution in [1.82, 2.24) is 4.90 Å². The highest BCUT2D eigenvalue weighted by atomic mass is 35.5. The Morgan fingerprint density at radius 2 is 2.11 bits per heavy atom. The Kier molecular flexibility index (Phi) is 5.23. The maximum absolute atomic E-state index is 10.7. The van der Waals surface area contributed by atoms with Gasteiger partial charge in [-0.3, -0.25) is 9.69 Å². The largest absolute Gasteiger partial charge is 0.328 e. The lowest BCUT2D eigenvalue weighted by atomic mass is 9.94. The molecule has 19 heavy (non-hydrogen) atoms. The number of benzene rings is 1. The van der Waals surface area contributed by atoms with Crippen LogP contribution in [0.3, 0.4) is 0 Å². The Labute approximate surface area is 119 Å². The third kappa shape index (κ3) is 3.71. The average Bonchev–Trinajstić information content (AvgIpc) is 2.44. The number of amides is 1. The molecule has 1 aliphatic carbocycles. The maximum Gasteiger partial charge on any atom is 0.211 e. The SMILES string of the molecule is CN(Cc1c(Cl)cccc1NC=O)C1CCCCC1. The van der Waals surface area contributed by atoms with Crippen LogP contribution in [0.5, 0.6) is 0 Å². The van der Waals surface area contributed by atoms with Crippen LogP contribution < -0.4 is 5.32 Å². The minimum absolute atomic E-state index is 0.633. The van der Waals surface area contributed by atoms with E-state index in [1.54, 1.807) is 0 Å². The van der Waals surface area contributed by atoms with Crippen LogP contribution in [0.25, 0.3) is 0 Å². The summed E-state index contributed by atoms with van der Waals surface area (Å²) >= 11 is 6.27. The second kappa shape index (κ2) is 6.92. The number of carbonyl (C=O) groups is 1. The van der Waals surface area contributed by atoms with Crippen LogP contribution in [0.4, 0.5) is 5.69 Å². The Bertz CT molecular complexity index is 430. The van der Waals surface area contributed by atoms with Gasteiger partial charge in [-0.15, -0.1) is 0 Å². The summed E-state index contributed by atoms with van der Waals surface area (Å²) in [5.74, 6) is 0. The normalized spacial score (nSPS) is 16.6. The standard InChI is InChI=1S/C15H21ClN2O/c1-18(12-6-3-2-4-7-12)10-13-14(16)8-5-9-15(13)17-11-19/h5,8-9,11-12H,2-4,6-7,10H2,1H3,(H,17,19). The molecule has 1 aromatic rings. The van der Waals surface area contributed by atoms with Crippen molar-refractivity contribution in [2.45, 2.75) is 44.7 Å². The summed E-state index contributed by atoms with van der Waals surface area (Å²) in [5.41, 5.74) is 1.81. The van der Waals surface area contributed by atoms with E-state index in [9.17, 15) is 4.79 Å². The van der Waals surface area contributed by atoms with E-state index >= 15 is 0 Å². The Morgan fingerprint density at radius 3 is 2.79 bits per heavy atom. The minimum Gasteiger partial charge on any atom is -0.328 e. The van der Waals surface area contributed by atoms with Gasteiger partial charge in [-0.2, -0.15) is 0 Å². The molecular formula is C15H21ClN2O. The molecule has 0 spiro atoms. The summed E-state index contributed by atoms with van der Waals surface area (Å²) in [6.07, 6.45) is 7.22. The number of hydrogen-bond donors (Lipinski definition) is 1. The first-order valence-corrected chi connectivity index (χ1v) is 7.28. The first kappa shape index (κ1) is 14.4. The molecule has 0 bridgehead atoms. The van der Waals surface area contributed by atoms with E-state index in [0.29, 0.717) is 12.5 Å². The van der Waals surface area contributed by atoms with Crippen molar-refractivity contribution >= 4 is 23.7 Å². The van der Waals surface area contributed by atoms with Crippen molar-refractivity contribution in [2.24, 2.45) is 0 Å². The molecule has 104 valence electrons. The Morgan fingerprint density at radius 1 is 1.37 bits per heavy atom. The van der Waals surface area contributed by atoms with Gasteiger partial charge in [0.2, 0.25) is 6.41 Å². The van der Waals surface area contributed by atoms with E-state index < -0.39 is 0 Å². The molecule has 1 amide bonds. The zero-order valence-electron chi connectivity index (χ0n) is 11.4. The first-order valence-electron chi connectivity index (χ1n) is 6.90. The number of rotatable bonds is 5. The number of halogens is 1. The molecule has 1 N–H and O–H groups in total. The summed E-state index contributed by atoms with van der Waals surface area (Å²) in [4.78, 5) is 13.0. The van der Waals surface area contributed by atoms with E-state index in [1.165, 1.54) is 32.1 Å². The van der Waals surface area contributed by atoms with Crippen LogP contribution in [-0.2, 0) is 11.3 Å². The molecule has 1 fully saturated rings. The highest BCUT2D eigenvalue weighted by Gasteiger charge is 2.19. The highest BCUT2D eigenvalue weighted by molar-refractivity contribution is 6.31. The van der Waals surface area contributed by atoms with E-state index in [-0.39, 0.29) is 0 Å². The topological polar surface area (TPSA) is 32.3 Å². The summed E-state index contributed by atoms with van der Waals surface area (Å²) in [6, 6.07) is 6.26. The summed E-state index contributed by atoms with van der Waals surface area (Å²) in [6.45, 7) is 0.778. The Balaban J connectivity index is 2.10. The van der Waals surface area contributed by atoms with E-state index in [2.05, 4.69) is 17.3 Å². The van der Waals surface area contributed by atoms with Crippen LogP contribution in [-0.4, -0.2) is 24.4 Å². The molecule has 0 saturated heterocycles. The van der Waals surface area contributed by atoms with Gasteiger partial charge < -0.3 is 5.32 Å². The molecule has 0 radical (unpaired) electrons. The maximum atomic E-state index is 10.7. The average molecular weight is 281 g/mol. The number of carbonyl (C=O) groups excluding carboxylic acids is 1.